The van der Waals surface area contributed by atoms with E-state index in [-0.39, 0.29) is 0 Å². The molecule has 12 heavy (non-hydrogen) atoms. The number of ether oxygens (including phenoxy) is 1. The zero-order chi connectivity index (χ0) is 9.56. The number of hydrogen-bond acceptors (Lipinski definition) is 4. The Balaban J connectivity index is 4.09. The molecule has 1 unspecified atom stereocenters. The fourth-order valence-corrected chi connectivity index (χ4v) is 1.61. The lowest BCUT2D eigenvalue weighted by molar-refractivity contribution is -0.142. The van der Waals surface area contributed by atoms with E-state index in [0.717, 1.165) is 0 Å². The Bertz CT molecular complexity index is 172. The van der Waals surface area contributed by atoms with Gasteiger partial charge in [0.2, 0.25) is 0 Å². The minimum atomic E-state index is -1.19. The van der Waals surface area contributed by atoms with Crippen molar-refractivity contribution < 1.29 is 13.7 Å². The van der Waals surface area contributed by atoms with Crippen molar-refractivity contribution in [3.05, 3.63) is 0 Å². The summed E-state index contributed by atoms with van der Waals surface area (Å²) in [5.74, 6) is -0.413. The monoisotopic (exact) mass is 193 g/mol. The summed E-state index contributed by atoms with van der Waals surface area (Å²) in [6, 6.07) is 0. The van der Waals surface area contributed by atoms with Crippen molar-refractivity contribution in [1.29, 1.82) is 0 Å². The molecule has 0 aliphatic carbocycles. The van der Waals surface area contributed by atoms with Gasteiger partial charge in [-0.25, -0.2) is 0 Å². The third-order valence-electron chi connectivity index (χ3n) is 1.38. The first-order valence-corrected chi connectivity index (χ1v) is 5.44. The lowest BCUT2D eigenvalue weighted by Crippen LogP contribution is -2.29. The molecule has 0 bridgehead atoms. The molecule has 0 aromatic heterocycles. The van der Waals surface area contributed by atoms with E-state index in [9.17, 15) is 9.00 Å². The number of esters is 1. The summed E-state index contributed by atoms with van der Waals surface area (Å²) in [4.78, 5) is 11.1. The summed E-state index contributed by atoms with van der Waals surface area (Å²) >= 11 is 0. The topological polar surface area (TPSA) is 69.4 Å². The van der Waals surface area contributed by atoms with Gasteiger partial charge in [-0.15, -0.1) is 0 Å². The number of rotatable bonds is 5. The molecule has 0 aromatic carbocycles. The molecule has 0 aliphatic heterocycles. The fraction of sp³-hybridized carbons (Fsp3) is 0.857. The van der Waals surface area contributed by atoms with Crippen molar-refractivity contribution in [2.75, 3.05) is 19.4 Å². The lowest BCUT2D eigenvalue weighted by Gasteiger charge is -2.10. The number of carbonyl (C=O) groups excluding carboxylic acids is 1. The van der Waals surface area contributed by atoms with E-state index < -0.39 is 22.0 Å². The maximum absolute atomic E-state index is 11.1. The van der Waals surface area contributed by atoms with E-state index in [2.05, 4.69) is 0 Å². The average Bonchev–Trinajstić information content (AvgIpc) is 1.99. The highest BCUT2D eigenvalue weighted by Crippen LogP contribution is 2.02. The van der Waals surface area contributed by atoms with E-state index in [1.807, 2.05) is 0 Å². The van der Waals surface area contributed by atoms with Crippen LogP contribution in [0.2, 0.25) is 0 Å². The molecule has 0 spiro atoms. The van der Waals surface area contributed by atoms with Crippen LogP contribution in [0.3, 0.4) is 0 Å². The Kier molecular flexibility index (Phi) is 5.92. The lowest BCUT2D eigenvalue weighted by atomic mass is 10.3. The van der Waals surface area contributed by atoms with Gasteiger partial charge >= 0.3 is 5.97 Å². The second kappa shape index (κ2) is 6.14. The predicted molar refractivity (Wildman–Crippen MR) is 48.2 cm³/mol. The average molecular weight is 193 g/mol. The van der Waals surface area contributed by atoms with Gasteiger partial charge in [-0.3, -0.25) is 9.00 Å². The minimum Gasteiger partial charge on any atom is -0.465 e. The molecule has 0 amide bonds. The van der Waals surface area contributed by atoms with Gasteiger partial charge in [0.25, 0.3) is 0 Å². The van der Waals surface area contributed by atoms with Crippen molar-refractivity contribution >= 4 is 16.8 Å². The molecule has 0 aromatic rings. The third kappa shape index (κ3) is 3.82. The second-order valence-electron chi connectivity index (χ2n) is 2.32. The van der Waals surface area contributed by atoms with E-state index >= 15 is 0 Å². The molecule has 0 heterocycles. The van der Waals surface area contributed by atoms with Gasteiger partial charge in [-0.05, 0) is 19.9 Å². The van der Waals surface area contributed by atoms with Gasteiger partial charge in [0.05, 0.1) is 6.61 Å². The zero-order valence-electron chi connectivity index (χ0n) is 7.41. The summed E-state index contributed by atoms with van der Waals surface area (Å²) in [5, 5.41) is -0.560. The number of hydrogen-bond donors (Lipinski definition) is 1. The van der Waals surface area contributed by atoms with Crippen LogP contribution < -0.4 is 5.73 Å². The first kappa shape index (κ1) is 11.6. The molecule has 4 nitrogen and oxygen atoms in total. The molecule has 72 valence electrons. The van der Waals surface area contributed by atoms with Crippen molar-refractivity contribution in [1.82, 2.24) is 0 Å². The summed E-state index contributed by atoms with van der Waals surface area (Å²) < 4.78 is 15.7. The summed E-state index contributed by atoms with van der Waals surface area (Å²) in [7, 11) is -1.19. The Morgan fingerprint density at radius 3 is 2.58 bits per heavy atom. The maximum atomic E-state index is 11.1. The Labute approximate surface area is 74.9 Å². The van der Waals surface area contributed by atoms with Crippen molar-refractivity contribution in [2.24, 2.45) is 5.73 Å². The van der Waals surface area contributed by atoms with Gasteiger partial charge in [0, 0.05) is 17.1 Å². The van der Waals surface area contributed by atoms with Crippen LogP contribution in [-0.2, 0) is 20.3 Å². The second-order valence-corrected chi connectivity index (χ2v) is 3.88. The maximum Gasteiger partial charge on any atom is 0.321 e. The molecule has 2 atom stereocenters. The SMILES string of the molecule is CCOC(=O)[C@@H](CCN)S(C)=O. The quantitative estimate of drug-likeness (QED) is 0.606. The van der Waals surface area contributed by atoms with Crippen LogP contribution >= 0.6 is 0 Å². The first-order valence-electron chi connectivity index (χ1n) is 3.82. The van der Waals surface area contributed by atoms with Crippen LogP contribution in [0.1, 0.15) is 13.3 Å². The Hall–Kier alpha value is -0.420. The Morgan fingerprint density at radius 2 is 2.25 bits per heavy atom. The minimum absolute atomic E-state index is 0.317. The molecular formula is C7H15NO3S. The van der Waals surface area contributed by atoms with Crippen molar-refractivity contribution in [2.45, 2.75) is 18.6 Å². The normalized spacial score (nSPS) is 15.2. The fourth-order valence-electron chi connectivity index (χ4n) is 0.806. The molecule has 0 saturated heterocycles. The van der Waals surface area contributed by atoms with Gasteiger partial charge in [0.1, 0.15) is 5.25 Å². The number of carbonyl (C=O) groups is 1. The zero-order valence-corrected chi connectivity index (χ0v) is 8.23. The highest BCUT2D eigenvalue weighted by Gasteiger charge is 2.22. The van der Waals surface area contributed by atoms with Crippen LogP contribution in [0.5, 0.6) is 0 Å². The largest absolute Gasteiger partial charge is 0.465 e. The van der Waals surface area contributed by atoms with Crippen molar-refractivity contribution in [3.63, 3.8) is 0 Å². The molecule has 2 N–H and O–H groups in total. The number of nitrogens with two attached hydrogens (primary N) is 1. The molecule has 0 aliphatic rings. The van der Waals surface area contributed by atoms with Crippen LogP contribution in [-0.4, -0.2) is 34.8 Å². The molecule has 0 rings (SSSR count). The van der Waals surface area contributed by atoms with Crippen molar-refractivity contribution in [3.8, 4) is 0 Å². The van der Waals surface area contributed by atoms with E-state index in [0.29, 0.717) is 19.6 Å². The summed E-state index contributed by atoms with van der Waals surface area (Å²) in [6.45, 7) is 2.39. The summed E-state index contributed by atoms with van der Waals surface area (Å²) in [6.07, 6.45) is 1.90. The standard InChI is InChI=1S/C7H15NO3S/c1-3-11-7(9)6(4-5-8)12(2)10/h6H,3-5,8H2,1-2H3/t6-,12?/m1/s1. The highest BCUT2D eigenvalue weighted by atomic mass is 32.2. The van der Waals surface area contributed by atoms with E-state index in [1.54, 1.807) is 6.92 Å². The van der Waals surface area contributed by atoms with Crippen LogP contribution in [0, 0.1) is 0 Å². The van der Waals surface area contributed by atoms with Gasteiger partial charge in [-0.2, -0.15) is 0 Å². The Morgan fingerprint density at radius 1 is 1.67 bits per heavy atom. The highest BCUT2D eigenvalue weighted by molar-refractivity contribution is 7.85. The van der Waals surface area contributed by atoms with Crippen LogP contribution in [0.15, 0.2) is 0 Å². The third-order valence-corrected chi connectivity index (χ3v) is 2.61. The van der Waals surface area contributed by atoms with E-state index in [4.69, 9.17) is 10.5 Å². The molecule has 0 radical (unpaired) electrons. The van der Waals surface area contributed by atoms with Gasteiger partial charge < -0.3 is 10.5 Å². The van der Waals surface area contributed by atoms with E-state index in [1.165, 1.54) is 6.26 Å². The first-order chi connectivity index (χ1) is 5.63. The molecule has 0 fully saturated rings. The summed E-state index contributed by atoms with van der Waals surface area (Å²) in [5.41, 5.74) is 5.26. The van der Waals surface area contributed by atoms with Crippen LogP contribution in [0.25, 0.3) is 0 Å². The van der Waals surface area contributed by atoms with Gasteiger partial charge in [-0.1, -0.05) is 0 Å². The predicted octanol–water partition coefficient (Wildman–Crippen LogP) is -0.355. The molecular weight excluding hydrogens is 178 g/mol. The molecule has 5 heteroatoms. The van der Waals surface area contributed by atoms with Crippen LogP contribution in [0.4, 0.5) is 0 Å². The van der Waals surface area contributed by atoms with Gasteiger partial charge in [0.15, 0.2) is 0 Å². The molecule has 0 saturated carbocycles. The smallest absolute Gasteiger partial charge is 0.321 e.